The van der Waals surface area contributed by atoms with Crippen molar-refractivity contribution in [3.05, 3.63) is 57.9 Å². The van der Waals surface area contributed by atoms with Crippen LogP contribution in [0.2, 0.25) is 0 Å². The molecule has 20 heavy (non-hydrogen) atoms. The van der Waals surface area contributed by atoms with Gasteiger partial charge in [0.15, 0.2) is 0 Å². The highest BCUT2D eigenvalue weighted by atomic mass is 127. The van der Waals surface area contributed by atoms with Gasteiger partial charge >= 0.3 is 0 Å². The summed E-state index contributed by atoms with van der Waals surface area (Å²) in [5, 5.41) is 0. The first-order valence-electron chi connectivity index (χ1n) is 5.99. The molecule has 2 aromatic rings. The number of anilines is 1. The van der Waals surface area contributed by atoms with Crippen LogP contribution in [-0.4, -0.2) is 15.0 Å². The van der Waals surface area contributed by atoms with Crippen LogP contribution in [0.1, 0.15) is 6.92 Å². The molecule has 0 amide bonds. The summed E-state index contributed by atoms with van der Waals surface area (Å²) in [7, 11) is -3.67. The largest absolute Gasteiger partial charge is 0.267 e. The van der Waals surface area contributed by atoms with E-state index < -0.39 is 15.8 Å². The number of nitrogens with zero attached hydrogens (tertiary/aromatic N) is 1. The van der Waals surface area contributed by atoms with Crippen LogP contribution in [0.15, 0.2) is 53.4 Å². The smallest absolute Gasteiger partial charge is 0.264 e. The van der Waals surface area contributed by atoms with E-state index in [-0.39, 0.29) is 4.90 Å². The molecule has 0 aromatic heterocycles. The van der Waals surface area contributed by atoms with E-state index in [1.165, 1.54) is 16.4 Å². The summed E-state index contributed by atoms with van der Waals surface area (Å²) in [5.41, 5.74) is 0.595. The maximum absolute atomic E-state index is 12.9. The number of halogens is 2. The van der Waals surface area contributed by atoms with Gasteiger partial charge in [-0.15, -0.1) is 0 Å². The maximum atomic E-state index is 12.9. The topological polar surface area (TPSA) is 37.4 Å². The second-order valence-corrected chi connectivity index (χ2v) is 7.21. The fraction of sp³-hybridized carbons (Fsp3) is 0.143. The second-order valence-electron chi connectivity index (χ2n) is 4.10. The van der Waals surface area contributed by atoms with Gasteiger partial charge in [-0.25, -0.2) is 12.8 Å². The van der Waals surface area contributed by atoms with Gasteiger partial charge in [0.1, 0.15) is 5.82 Å². The summed E-state index contributed by atoms with van der Waals surface area (Å²) in [5.74, 6) is -0.457. The Kier molecular flexibility index (Phi) is 4.64. The van der Waals surface area contributed by atoms with Gasteiger partial charge in [-0.2, -0.15) is 0 Å². The Morgan fingerprint density at radius 1 is 1.05 bits per heavy atom. The number of hydrogen-bond donors (Lipinski definition) is 0. The fourth-order valence-corrected chi connectivity index (χ4v) is 3.67. The second kappa shape index (κ2) is 6.09. The van der Waals surface area contributed by atoms with Gasteiger partial charge in [-0.1, -0.05) is 0 Å². The van der Waals surface area contributed by atoms with Crippen LogP contribution in [0.5, 0.6) is 0 Å². The molecule has 0 aliphatic carbocycles. The predicted octanol–water partition coefficient (Wildman–Crippen LogP) is 3.65. The highest BCUT2D eigenvalue weighted by Gasteiger charge is 2.23. The van der Waals surface area contributed by atoms with E-state index in [4.69, 9.17) is 0 Å². The third-order valence-electron chi connectivity index (χ3n) is 2.80. The molecule has 0 bridgehead atoms. The van der Waals surface area contributed by atoms with Crippen molar-refractivity contribution in [1.29, 1.82) is 0 Å². The quantitative estimate of drug-likeness (QED) is 0.729. The number of rotatable bonds is 4. The standard InChI is InChI=1S/C14H13FINO2S/c1-2-17(13-7-5-12(16)6-8-13)20(18,19)14-9-3-11(15)4-10-14/h3-10H,2H2,1H3. The Balaban J connectivity index is 2.44. The van der Waals surface area contributed by atoms with Gasteiger partial charge < -0.3 is 0 Å². The summed E-state index contributed by atoms with van der Waals surface area (Å²) in [6.45, 7) is 2.07. The molecule has 0 N–H and O–H groups in total. The third kappa shape index (κ3) is 3.12. The number of hydrogen-bond acceptors (Lipinski definition) is 2. The molecule has 0 aliphatic heterocycles. The van der Waals surface area contributed by atoms with E-state index >= 15 is 0 Å². The highest BCUT2D eigenvalue weighted by molar-refractivity contribution is 14.1. The highest BCUT2D eigenvalue weighted by Crippen LogP contribution is 2.24. The first kappa shape index (κ1) is 15.2. The van der Waals surface area contributed by atoms with E-state index in [1.807, 2.05) is 12.1 Å². The summed E-state index contributed by atoms with van der Waals surface area (Å²) < 4.78 is 40.4. The van der Waals surface area contributed by atoms with Gasteiger partial charge in [-0.3, -0.25) is 4.31 Å². The zero-order chi connectivity index (χ0) is 14.8. The van der Waals surface area contributed by atoms with Gasteiger partial charge in [0.25, 0.3) is 10.0 Å². The fourth-order valence-electron chi connectivity index (χ4n) is 1.83. The van der Waals surface area contributed by atoms with Crippen molar-refractivity contribution in [3.8, 4) is 0 Å². The predicted molar refractivity (Wildman–Crippen MR) is 85.8 cm³/mol. The Labute approximate surface area is 131 Å². The molecule has 0 atom stereocenters. The minimum Gasteiger partial charge on any atom is -0.267 e. The summed E-state index contributed by atoms with van der Waals surface area (Å²) in [4.78, 5) is 0.0827. The minimum atomic E-state index is -3.67. The average molecular weight is 405 g/mol. The van der Waals surface area contributed by atoms with Gasteiger partial charge in [-0.05, 0) is 78.0 Å². The average Bonchev–Trinajstić information content (AvgIpc) is 2.42. The van der Waals surface area contributed by atoms with Crippen LogP contribution >= 0.6 is 22.6 Å². The summed E-state index contributed by atoms with van der Waals surface area (Å²) in [6, 6.07) is 12.1. The molecule has 2 rings (SSSR count). The Morgan fingerprint density at radius 3 is 2.10 bits per heavy atom. The number of benzene rings is 2. The number of sulfonamides is 1. The lowest BCUT2D eigenvalue weighted by Crippen LogP contribution is -2.30. The SMILES string of the molecule is CCN(c1ccc(I)cc1)S(=O)(=O)c1ccc(F)cc1. The molecule has 6 heteroatoms. The molecule has 0 saturated carbocycles. The van der Waals surface area contributed by atoms with Crippen LogP contribution in [-0.2, 0) is 10.0 Å². The van der Waals surface area contributed by atoms with Crippen LogP contribution in [0, 0.1) is 9.39 Å². The van der Waals surface area contributed by atoms with Crippen LogP contribution in [0.3, 0.4) is 0 Å². The first-order chi connectivity index (χ1) is 9.45. The Hall–Kier alpha value is -1.15. The van der Waals surface area contributed by atoms with Crippen molar-refractivity contribution < 1.29 is 12.8 Å². The van der Waals surface area contributed by atoms with E-state index in [2.05, 4.69) is 22.6 Å². The lowest BCUT2D eigenvalue weighted by molar-refractivity contribution is 0.590. The van der Waals surface area contributed by atoms with Gasteiger partial charge in [0.2, 0.25) is 0 Å². The molecule has 2 aromatic carbocycles. The first-order valence-corrected chi connectivity index (χ1v) is 8.51. The molecule has 0 heterocycles. The normalized spacial score (nSPS) is 11.3. The van der Waals surface area contributed by atoms with Crippen molar-refractivity contribution in [3.63, 3.8) is 0 Å². The lowest BCUT2D eigenvalue weighted by Gasteiger charge is -2.23. The van der Waals surface area contributed by atoms with Crippen molar-refractivity contribution in [2.45, 2.75) is 11.8 Å². The molecule has 0 radical (unpaired) electrons. The molecular formula is C14H13FINO2S. The lowest BCUT2D eigenvalue weighted by atomic mass is 10.3. The molecule has 0 saturated heterocycles. The van der Waals surface area contributed by atoms with E-state index in [0.717, 1.165) is 15.7 Å². The third-order valence-corrected chi connectivity index (χ3v) is 5.44. The zero-order valence-electron chi connectivity index (χ0n) is 10.8. The molecule has 0 aliphatic rings. The Morgan fingerprint density at radius 2 is 1.60 bits per heavy atom. The van der Waals surface area contributed by atoms with Crippen molar-refractivity contribution >= 4 is 38.3 Å². The van der Waals surface area contributed by atoms with Crippen molar-refractivity contribution in [1.82, 2.24) is 0 Å². The molecule has 0 unspecified atom stereocenters. The van der Waals surface area contributed by atoms with E-state index in [0.29, 0.717) is 12.2 Å². The monoisotopic (exact) mass is 405 g/mol. The summed E-state index contributed by atoms with van der Waals surface area (Å²) in [6.07, 6.45) is 0. The molecule has 106 valence electrons. The van der Waals surface area contributed by atoms with Crippen LogP contribution < -0.4 is 4.31 Å². The van der Waals surface area contributed by atoms with E-state index in [1.54, 1.807) is 19.1 Å². The molecule has 0 fully saturated rings. The molecule has 3 nitrogen and oxygen atoms in total. The van der Waals surface area contributed by atoms with E-state index in [9.17, 15) is 12.8 Å². The minimum absolute atomic E-state index is 0.0827. The zero-order valence-corrected chi connectivity index (χ0v) is 13.7. The van der Waals surface area contributed by atoms with Gasteiger partial charge in [0.05, 0.1) is 10.6 Å². The molecular weight excluding hydrogens is 392 g/mol. The maximum Gasteiger partial charge on any atom is 0.264 e. The Bertz CT molecular complexity index is 684. The molecule has 0 spiro atoms. The van der Waals surface area contributed by atoms with Crippen molar-refractivity contribution in [2.75, 3.05) is 10.8 Å². The van der Waals surface area contributed by atoms with Crippen LogP contribution in [0.25, 0.3) is 0 Å². The summed E-state index contributed by atoms with van der Waals surface area (Å²) >= 11 is 2.16. The van der Waals surface area contributed by atoms with Crippen molar-refractivity contribution in [2.24, 2.45) is 0 Å². The van der Waals surface area contributed by atoms with Crippen LogP contribution in [0.4, 0.5) is 10.1 Å². The van der Waals surface area contributed by atoms with Gasteiger partial charge in [0, 0.05) is 10.1 Å².